The highest BCUT2D eigenvalue weighted by molar-refractivity contribution is 5.95. The fourth-order valence-corrected chi connectivity index (χ4v) is 2.06. The number of halogens is 1. The third-order valence-corrected chi connectivity index (χ3v) is 3.28. The Hall–Kier alpha value is -1.66. The molecule has 0 atom stereocenters. The van der Waals surface area contributed by atoms with Crippen molar-refractivity contribution in [2.24, 2.45) is 0 Å². The fourth-order valence-electron chi connectivity index (χ4n) is 2.06. The highest BCUT2D eigenvalue weighted by atomic mass is 19.1. The van der Waals surface area contributed by atoms with Gasteiger partial charge in [0.05, 0.1) is 24.5 Å². The topological polar surface area (TPSA) is 67.6 Å². The van der Waals surface area contributed by atoms with Gasteiger partial charge in [0.25, 0.3) is 0 Å². The first kappa shape index (κ1) is 14.7. The Balaban J connectivity index is 1.90. The Labute approximate surface area is 117 Å². The number of hydrogen-bond donors (Lipinski definition) is 2. The fraction of sp³-hybridized carbons (Fsp3) is 0.500. The summed E-state index contributed by atoms with van der Waals surface area (Å²) in [6, 6.07) is 4.41. The molecule has 5 nitrogen and oxygen atoms in total. The number of rotatable bonds is 7. The van der Waals surface area contributed by atoms with Crippen LogP contribution in [-0.4, -0.2) is 43.7 Å². The molecule has 1 aliphatic carbocycles. The summed E-state index contributed by atoms with van der Waals surface area (Å²) in [7, 11) is 1.64. The van der Waals surface area contributed by atoms with Crippen molar-refractivity contribution in [2.75, 3.05) is 37.9 Å². The molecule has 0 bridgehead atoms. The van der Waals surface area contributed by atoms with Crippen LogP contribution in [0.15, 0.2) is 18.2 Å². The lowest BCUT2D eigenvalue weighted by Gasteiger charge is -2.21. The molecule has 1 aromatic rings. The van der Waals surface area contributed by atoms with Crippen LogP contribution in [-0.2, 0) is 9.53 Å². The molecule has 1 fully saturated rings. The average Bonchev–Trinajstić information content (AvgIpc) is 3.22. The molecule has 0 radical (unpaired) electrons. The Morgan fingerprint density at radius 2 is 2.30 bits per heavy atom. The van der Waals surface area contributed by atoms with Gasteiger partial charge < -0.3 is 15.8 Å². The smallest absolute Gasteiger partial charge is 0.238 e. The van der Waals surface area contributed by atoms with E-state index in [0.717, 1.165) is 19.4 Å². The summed E-state index contributed by atoms with van der Waals surface area (Å²) < 4.78 is 18.0. The van der Waals surface area contributed by atoms with Gasteiger partial charge in [-0.05, 0) is 31.0 Å². The lowest BCUT2D eigenvalue weighted by atomic mass is 10.2. The molecular weight excluding hydrogens is 261 g/mol. The van der Waals surface area contributed by atoms with Crippen LogP contribution in [0, 0.1) is 5.82 Å². The maximum absolute atomic E-state index is 12.9. The van der Waals surface area contributed by atoms with Crippen molar-refractivity contribution in [1.82, 2.24) is 4.90 Å². The molecule has 1 aliphatic rings. The monoisotopic (exact) mass is 281 g/mol. The molecule has 1 aromatic carbocycles. The highest BCUT2D eigenvalue weighted by Crippen LogP contribution is 2.26. The Kier molecular flexibility index (Phi) is 4.92. The van der Waals surface area contributed by atoms with Crippen molar-refractivity contribution < 1.29 is 13.9 Å². The summed E-state index contributed by atoms with van der Waals surface area (Å²) in [5.74, 6) is -0.563. The van der Waals surface area contributed by atoms with Crippen LogP contribution < -0.4 is 11.1 Å². The average molecular weight is 281 g/mol. The number of ether oxygens (including phenoxy) is 1. The molecule has 0 heterocycles. The zero-order valence-corrected chi connectivity index (χ0v) is 11.6. The van der Waals surface area contributed by atoms with Crippen molar-refractivity contribution in [2.45, 2.75) is 18.9 Å². The first-order valence-corrected chi connectivity index (χ1v) is 6.68. The van der Waals surface area contributed by atoms with E-state index in [1.807, 2.05) is 0 Å². The highest BCUT2D eigenvalue weighted by Gasteiger charge is 2.29. The van der Waals surface area contributed by atoms with E-state index in [1.54, 1.807) is 7.11 Å². The minimum atomic E-state index is -0.416. The summed E-state index contributed by atoms with van der Waals surface area (Å²) in [5, 5.41) is 2.71. The molecule has 2 rings (SSSR count). The molecule has 0 spiro atoms. The zero-order valence-electron chi connectivity index (χ0n) is 11.6. The largest absolute Gasteiger partial charge is 0.397 e. The Morgan fingerprint density at radius 3 is 2.90 bits per heavy atom. The molecule has 1 saturated carbocycles. The number of nitrogens with one attached hydrogen (secondary N) is 1. The van der Waals surface area contributed by atoms with Gasteiger partial charge in [0.2, 0.25) is 5.91 Å². The molecule has 6 heteroatoms. The van der Waals surface area contributed by atoms with E-state index in [9.17, 15) is 9.18 Å². The number of amides is 1. The van der Waals surface area contributed by atoms with Crippen LogP contribution in [0.3, 0.4) is 0 Å². The number of nitrogen functional groups attached to an aromatic ring is 1. The second-order valence-electron chi connectivity index (χ2n) is 4.97. The third kappa shape index (κ3) is 4.18. The molecule has 0 saturated heterocycles. The molecule has 3 N–H and O–H groups in total. The van der Waals surface area contributed by atoms with E-state index >= 15 is 0 Å². The molecular formula is C14H20FN3O2. The van der Waals surface area contributed by atoms with E-state index in [2.05, 4.69) is 10.2 Å². The van der Waals surface area contributed by atoms with E-state index in [4.69, 9.17) is 10.5 Å². The van der Waals surface area contributed by atoms with Crippen molar-refractivity contribution >= 4 is 17.3 Å². The van der Waals surface area contributed by atoms with E-state index in [1.165, 1.54) is 18.2 Å². The van der Waals surface area contributed by atoms with Gasteiger partial charge in [-0.3, -0.25) is 9.69 Å². The number of anilines is 2. The molecule has 0 unspecified atom stereocenters. The van der Waals surface area contributed by atoms with Crippen LogP contribution in [0.5, 0.6) is 0 Å². The van der Waals surface area contributed by atoms with Crippen LogP contribution in [0.25, 0.3) is 0 Å². The minimum Gasteiger partial charge on any atom is -0.397 e. The van der Waals surface area contributed by atoms with Crippen LogP contribution in [0.2, 0.25) is 0 Å². The van der Waals surface area contributed by atoms with Gasteiger partial charge in [-0.15, -0.1) is 0 Å². The van der Waals surface area contributed by atoms with Gasteiger partial charge >= 0.3 is 0 Å². The number of methoxy groups -OCH3 is 1. The lowest BCUT2D eigenvalue weighted by molar-refractivity contribution is -0.117. The van der Waals surface area contributed by atoms with Crippen molar-refractivity contribution in [1.29, 1.82) is 0 Å². The number of carbonyl (C=O) groups excluding carboxylic acids is 1. The van der Waals surface area contributed by atoms with E-state index in [-0.39, 0.29) is 11.6 Å². The summed E-state index contributed by atoms with van der Waals surface area (Å²) in [5.41, 5.74) is 6.34. The standard InChI is InChI=1S/C14H20FN3O2/c1-20-7-6-18(11-3-4-11)9-14(19)17-13-5-2-10(15)8-12(13)16/h2,5,8,11H,3-4,6-7,9,16H2,1H3,(H,17,19). The Morgan fingerprint density at radius 1 is 1.55 bits per heavy atom. The molecule has 110 valence electrons. The number of benzene rings is 1. The van der Waals surface area contributed by atoms with Gasteiger partial charge in [0.1, 0.15) is 5.82 Å². The normalized spacial score (nSPS) is 14.6. The molecule has 0 aliphatic heterocycles. The maximum Gasteiger partial charge on any atom is 0.238 e. The first-order valence-electron chi connectivity index (χ1n) is 6.68. The van der Waals surface area contributed by atoms with Crippen molar-refractivity contribution in [3.05, 3.63) is 24.0 Å². The minimum absolute atomic E-state index is 0.147. The zero-order chi connectivity index (χ0) is 14.5. The first-order chi connectivity index (χ1) is 9.60. The molecule has 20 heavy (non-hydrogen) atoms. The van der Waals surface area contributed by atoms with Gasteiger partial charge in [0.15, 0.2) is 0 Å². The summed E-state index contributed by atoms with van der Waals surface area (Å²) in [6.07, 6.45) is 2.24. The summed E-state index contributed by atoms with van der Waals surface area (Å²) in [4.78, 5) is 14.1. The van der Waals surface area contributed by atoms with Gasteiger partial charge in [-0.25, -0.2) is 4.39 Å². The predicted molar refractivity (Wildman–Crippen MR) is 75.9 cm³/mol. The van der Waals surface area contributed by atoms with Gasteiger partial charge in [0, 0.05) is 19.7 Å². The number of hydrogen-bond acceptors (Lipinski definition) is 4. The molecule has 0 aromatic heterocycles. The SMILES string of the molecule is COCCN(CC(=O)Nc1ccc(F)cc1N)C1CC1. The summed E-state index contributed by atoms with van der Waals surface area (Å²) >= 11 is 0. The van der Waals surface area contributed by atoms with Crippen molar-refractivity contribution in [3.63, 3.8) is 0 Å². The molecule has 1 amide bonds. The van der Waals surface area contributed by atoms with E-state index in [0.29, 0.717) is 24.9 Å². The second kappa shape index (κ2) is 6.67. The third-order valence-electron chi connectivity index (χ3n) is 3.28. The number of nitrogens with two attached hydrogens (primary N) is 1. The van der Waals surface area contributed by atoms with E-state index < -0.39 is 5.82 Å². The van der Waals surface area contributed by atoms with Crippen molar-refractivity contribution in [3.8, 4) is 0 Å². The maximum atomic E-state index is 12.9. The Bertz CT molecular complexity index is 477. The number of carbonyl (C=O) groups is 1. The number of nitrogens with zero attached hydrogens (tertiary/aromatic N) is 1. The van der Waals surface area contributed by atoms with Gasteiger partial charge in [-0.1, -0.05) is 0 Å². The summed E-state index contributed by atoms with van der Waals surface area (Å²) in [6.45, 7) is 1.63. The van der Waals surface area contributed by atoms with Crippen LogP contribution in [0.4, 0.5) is 15.8 Å². The van der Waals surface area contributed by atoms with Crippen LogP contribution >= 0.6 is 0 Å². The second-order valence-corrected chi connectivity index (χ2v) is 4.97. The predicted octanol–water partition coefficient (Wildman–Crippen LogP) is 1.46. The lowest BCUT2D eigenvalue weighted by Crippen LogP contribution is -2.37. The quantitative estimate of drug-likeness (QED) is 0.742. The van der Waals surface area contributed by atoms with Crippen LogP contribution in [0.1, 0.15) is 12.8 Å². The van der Waals surface area contributed by atoms with Gasteiger partial charge in [-0.2, -0.15) is 0 Å².